The molecule has 0 aliphatic carbocycles. The fraction of sp³-hybridized carbons (Fsp3) is 0.211. The summed E-state index contributed by atoms with van der Waals surface area (Å²) in [6.07, 6.45) is 0. The van der Waals surface area contributed by atoms with Crippen LogP contribution in [0.4, 0.5) is 5.69 Å². The Labute approximate surface area is 165 Å². The van der Waals surface area contributed by atoms with Gasteiger partial charge in [-0.25, -0.2) is 4.98 Å². The average molecular weight is 402 g/mol. The number of anilines is 1. The maximum atomic E-state index is 12.6. The molecule has 140 valence electrons. The van der Waals surface area contributed by atoms with E-state index in [2.05, 4.69) is 15.6 Å². The molecular weight excluding hydrogens is 382 g/mol. The van der Waals surface area contributed by atoms with Crippen LogP contribution in [0.1, 0.15) is 22.3 Å². The van der Waals surface area contributed by atoms with Crippen molar-refractivity contribution in [2.45, 2.75) is 13.8 Å². The third-order valence-corrected chi connectivity index (χ3v) is 5.77. The van der Waals surface area contributed by atoms with Gasteiger partial charge in [0.05, 0.1) is 10.6 Å². The number of nitrogens with zero attached hydrogens (tertiary/aromatic N) is 1. The van der Waals surface area contributed by atoms with Crippen molar-refractivity contribution in [2.24, 2.45) is 0 Å². The van der Waals surface area contributed by atoms with Gasteiger partial charge in [-0.2, -0.15) is 0 Å². The largest absolute Gasteiger partial charge is 0.484 e. The summed E-state index contributed by atoms with van der Waals surface area (Å²) in [5, 5.41) is 8.35. The van der Waals surface area contributed by atoms with Crippen molar-refractivity contribution in [2.75, 3.05) is 18.5 Å². The van der Waals surface area contributed by atoms with Crippen molar-refractivity contribution in [3.05, 3.63) is 52.3 Å². The predicted molar refractivity (Wildman–Crippen MR) is 109 cm³/mol. The molecule has 2 amide bonds. The highest BCUT2D eigenvalue weighted by atomic mass is 32.1. The Hall–Kier alpha value is -2.71. The Kier molecular flexibility index (Phi) is 6.20. The van der Waals surface area contributed by atoms with Crippen LogP contribution in [0.3, 0.4) is 0 Å². The first kappa shape index (κ1) is 19.1. The molecule has 0 unspecified atom stereocenters. The Morgan fingerprint density at radius 1 is 1.22 bits per heavy atom. The van der Waals surface area contributed by atoms with E-state index >= 15 is 0 Å². The standard InChI is InChI=1S/C19H19N3O3S2/c1-3-20-16(23)11-25-14-7-4-6-13(10-14)22-18(24)17-12(2)21-19(27-17)15-8-5-9-26-15/h4-10H,3,11H2,1-2H3,(H,20,23)(H,22,24). The lowest BCUT2D eigenvalue weighted by Gasteiger charge is -2.09. The number of amides is 2. The highest BCUT2D eigenvalue weighted by Gasteiger charge is 2.17. The molecule has 2 heterocycles. The molecule has 27 heavy (non-hydrogen) atoms. The molecule has 0 bridgehead atoms. The van der Waals surface area contributed by atoms with E-state index in [0.717, 1.165) is 9.88 Å². The second-order valence-corrected chi connectivity index (χ2v) is 7.58. The molecule has 0 saturated heterocycles. The minimum absolute atomic E-state index is 0.0661. The molecule has 0 saturated carbocycles. The zero-order chi connectivity index (χ0) is 19.2. The van der Waals surface area contributed by atoms with Crippen LogP contribution in [0.15, 0.2) is 41.8 Å². The van der Waals surface area contributed by atoms with E-state index < -0.39 is 0 Å². The quantitative estimate of drug-likeness (QED) is 0.628. The SMILES string of the molecule is CCNC(=O)COc1cccc(NC(=O)c2sc(-c3cccs3)nc2C)c1. The minimum atomic E-state index is -0.214. The summed E-state index contributed by atoms with van der Waals surface area (Å²) in [5.74, 6) is 0.112. The zero-order valence-corrected chi connectivity index (χ0v) is 16.6. The number of hydrogen-bond acceptors (Lipinski definition) is 6. The summed E-state index contributed by atoms with van der Waals surface area (Å²) in [4.78, 5) is 30.2. The van der Waals surface area contributed by atoms with Crippen LogP contribution in [0.25, 0.3) is 9.88 Å². The van der Waals surface area contributed by atoms with Crippen LogP contribution < -0.4 is 15.4 Å². The van der Waals surface area contributed by atoms with Crippen LogP contribution in [0, 0.1) is 6.92 Å². The summed E-state index contributed by atoms with van der Waals surface area (Å²) in [6.45, 7) is 4.16. The van der Waals surface area contributed by atoms with Gasteiger partial charge in [-0.1, -0.05) is 12.1 Å². The number of likely N-dealkylation sites (N-methyl/N-ethyl adjacent to an activating group) is 1. The van der Waals surface area contributed by atoms with Gasteiger partial charge in [-0.3, -0.25) is 9.59 Å². The summed E-state index contributed by atoms with van der Waals surface area (Å²) >= 11 is 2.97. The number of carbonyl (C=O) groups is 2. The molecule has 3 rings (SSSR count). The number of nitrogens with one attached hydrogen (secondary N) is 2. The van der Waals surface area contributed by atoms with Crippen molar-refractivity contribution in [1.82, 2.24) is 10.3 Å². The highest BCUT2D eigenvalue weighted by Crippen LogP contribution is 2.31. The molecule has 0 aliphatic heterocycles. The van der Waals surface area contributed by atoms with Gasteiger partial charge in [0.15, 0.2) is 6.61 Å². The van der Waals surface area contributed by atoms with E-state index in [9.17, 15) is 9.59 Å². The number of ether oxygens (including phenoxy) is 1. The monoisotopic (exact) mass is 401 g/mol. The maximum Gasteiger partial charge on any atom is 0.267 e. The number of rotatable bonds is 7. The molecule has 1 aromatic carbocycles. The topological polar surface area (TPSA) is 80.3 Å². The Bertz CT molecular complexity index is 936. The molecular formula is C19H19N3O3S2. The number of aromatic nitrogens is 1. The van der Waals surface area contributed by atoms with Crippen LogP contribution in [-0.4, -0.2) is 29.9 Å². The van der Waals surface area contributed by atoms with E-state index in [0.29, 0.717) is 28.6 Å². The number of benzene rings is 1. The van der Waals surface area contributed by atoms with E-state index in [-0.39, 0.29) is 18.4 Å². The molecule has 0 aliphatic rings. The second kappa shape index (κ2) is 8.79. The first-order valence-electron chi connectivity index (χ1n) is 8.39. The zero-order valence-electron chi connectivity index (χ0n) is 14.9. The molecule has 3 aromatic rings. The van der Waals surface area contributed by atoms with Crippen LogP contribution in [0.5, 0.6) is 5.75 Å². The van der Waals surface area contributed by atoms with E-state index in [4.69, 9.17) is 4.74 Å². The number of aryl methyl sites for hydroxylation is 1. The molecule has 0 atom stereocenters. The Morgan fingerprint density at radius 2 is 2.07 bits per heavy atom. The maximum absolute atomic E-state index is 12.6. The van der Waals surface area contributed by atoms with Gasteiger partial charge in [0.2, 0.25) is 0 Å². The van der Waals surface area contributed by atoms with Gasteiger partial charge in [-0.15, -0.1) is 22.7 Å². The van der Waals surface area contributed by atoms with Crippen molar-refractivity contribution < 1.29 is 14.3 Å². The van der Waals surface area contributed by atoms with Gasteiger partial charge >= 0.3 is 0 Å². The summed E-state index contributed by atoms with van der Waals surface area (Å²) < 4.78 is 5.45. The van der Waals surface area contributed by atoms with Crippen molar-refractivity contribution >= 4 is 40.2 Å². The number of thiazole rings is 1. The van der Waals surface area contributed by atoms with Gasteiger partial charge in [-0.05, 0) is 37.4 Å². The molecule has 0 radical (unpaired) electrons. The summed E-state index contributed by atoms with van der Waals surface area (Å²) in [5.41, 5.74) is 1.29. The Balaban J connectivity index is 1.68. The lowest BCUT2D eigenvalue weighted by Crippen LogP contribution is -2.28. The normalized spacial score (nSPS) is 10.4. The third-order valence-electron chi connectivity index (χ3n) is 3.57. The Morgan fingerprint density at radius 3 is 2.81 bits per heavy atom. The fourth-order valence-electron chi connectivity index (χ4n) is 2.36. The average Bonchev–Trinajstić information content (AvgIpc) is 3.30. The van der Waals surface area contributed by atoms with Gasteiger partial charge < -0.3 is 15.4 Å². The smallest absolute Gasteiger partial charge is 0.267 e. The van der Waals surface area contributed by atoms with E-state index in [1.54, 1.807) is 35.6 Å². The van der Waals surface area contributed by atoms with Crippen molar-refractivity contribution in [3.63, 3.8) is 0 Å². The summed E-state index contributed by atoms with van der Waals surface area (Å²) in [7, 11) is 0. The first-order valence-corrected chi connectivity index (χ1v) is 10.1. The van der Waals surface area contributed by atoms with Crippen molar-refractivity contribution in [3.8, 4) is 15.6 Å². The molecule has 0 spiro atoms. The lowest BCUT2D eigenvalue weighted by atomic mass is 10.3. The van der Waals surface area contributed by atoms with E-state index in [1.807, 2.05) is 31.4 Å². The highest BCUT2D eigenvalue weighted by molar-refractivity contribution is 7.22. The van der Waals surface area contributed by atoms with Gasteiger partial charge in [0.25, 0.3) is 11.8 Å². The van der Waals surface area contributed by atoms with E-state index in [1.165, 1.54) is 11.3 Å². The van der Waals surface area contributed by atoms with Crippen LogP contribution >= 0.6 is 22.7 Å². The van der Waals surface area contributed by atoms with Crippen molar-refractivity contribution in [1.29, 1.82) is 0 Å². The molecule has 2 aromatic heterocycles. The molecule has 6 nitrogen and oxygen atoms in total. The third kappa shape index (κ3) is 4.93. The van der Waals surface area contributed by atoms with Gasteiger partial charge in [0.1, 0.15) is 15.6 Å². The molecule has 2 N–H and O–H groups in total. The fourth-order valence-corrected chi connectivity index (χ4v) is 4.12. The summed E-state index contributed by atoms with van der Waals surface area (Å²) in [6, 6.07) is 10.9. The first-order chi connectivity index (χ1) is 13.1. The predicted octanol–water partition coefficient (Wildman–Crippen LogP) is 3.95. The number of carbonyl (C=O) groups excluding carboxylic acids is 2. The molecule has 8 heteroatoms. The minimum Gasteiger partial charge on any atom is -0.484 e. The number of thiophene rings is 1. The van der Waals surface area contributed by atoms with Crippen LogP contribution in [0.2, 0.25) is 0 Å². The number of hydrogen-bond donors (Lipinski definition) is 2. The second-order valence-electron chi connectivity index (χ2n) is 5.63. The lowest BCUT2D eigenvalue weighted by molar-refractivity contribution is -0.122. The van der Waals surface area contributed by atoms with Gasteiger partial charge in [0, 0.05) is 18.3 Å². The molecule has 0 fully saturated rings. The van der Waals surface area contributed by atoms with Crippen LogP contribution in [-0.2, 0) is 4.79 Å².